The van der Waals surface area contributed by atoms with Gasteiger partial charge in [0.15, 0.2) is 23.3 Å². The molecule has 1 unspecified atom stereocenters. The standard InChI is InChI=1S/C24H19N3O5S/c1-15(23(28)25-16-9-10-20-21(12-16)31-14-30-20)32-24(29)19-13-18(22-8-5-11-33-22)26-27(19)17-6-3-2-4-7-17/h2-13,15H,14H2,1H3,(H,25,28). The normalized spacial score (nSPS) is 12.9. The Morgan fingerprint density at radius 3 is 2.67 bits per heavy atom. The number of carbonyl (C=O) groups is 2. The summed E-state index contributed by atoms with van der Waals surface area (Å²) in [6.45, 7) is 1.66. The number of nitrogens with one attached hydrogen (secondary N) is 1. The van der Waals surface area contributed by atoms with Crippen molar-refractivity contribution in [1.29, 1.82) is 0 Å². The molecule has 8 nitrogen and oxygen atoms in total. The average Bonchev–Trinajstić information content (AvgIpc) is 3.59. The Balaban J connectivity index is 1.35. The van der Waals surface area contributed by atoms with Crippen molar-refractivity contribution in [2.45, 2.75) is 13.0 Å². The third-order valence-corrected chi connectivity index (χ3v) is 5.88. The SMILES string of the molecule is CC(OC(=O)c1cc(-c2cccs2)nn1-c1ccccc1)C(=O)Nc1ccc2c(c1)OCO2. The zero-order valence-corrected chi connectivity index (χ0v) is 18.4. The van der Waals surface area contributed by atoms with Crippen molar-refractivity contribution < 1.29 is 23.8 Å². The van der Waals surface area contributed by atoms with Crippen molar-refractivity contribution in [3.8, 4) is 27.8 Å². The summed E-state index contributed by atoms with van der Waals surface area (Å²) in [5, 5.41) is 9.27. The van der Waals surface area contributed by atoms with Crippen LogP contribution in [0.25, 0.3) is 16.3 Å². The number of nitrogens with zero attached hydrogens (tertiary/aromatic N) is 2. The molecule has 4 aromatic rings. The van der Waals surface area contributed by atoms with Crippen LogP contribution in [0.5, 0.6) is 11.5 Å². The fourth-order valence-corrected chi connectivity index (χ4v) is 4.01. The summed E-state index contributed by atoms with van der Waals surface area (Å²) in [7, 11) is 0. The molecule has 1 amide bonds. The van der Waals surface area contributed by atoms with Gasteiger partial charge in [0.2, 0.25) is 6.79 Å². The predicted molar refractivity (Wildman–Crippen MR) is 123 cm³/mol. The first-order valence-corrected chi connectivity index (χ1v) is 11.1. The van der Waals surface area contributed by atoms with Gasteiger partial charge in [0.05, 0.1) is 10.6 Å². The summed E-state index contributed by atoms with van der Waals surface area (Å²) < 4.78 is 17.6. The van der Waals surface area contributed by atoms with Gasteiger partial charge in [-0.25, -0.2) is 9.48 Å². The molecular weight excluding hydrogens is 442 g/mol. The number of aromatic nitrogens is 2. The lowest BCUT2D eigenvalue weighted by atomic mass is 10.2. The topological polar surface area (TPSA) is 91.7 Å². The van der Waals surface area contributed by atoms with Crippen molar-refractivity contribution in [3.63, 3.8) is 0 Å². The van der Waals surface area contributed by atoms with Gasteiger partial charge in [-0.05, 0) is 42.6 Å². The summed E-state index contributed by atoms with van der Waals surface area (Å²) in [6, 6.07) is 19.9. The minimum atomic E-state index is -1.03. The number of benzene rings is 2. The van der Waals surface area contributed by atoms with Crippen molar-refractivity contribution in [1.82, 2.24) is 9.78 Å². The second kappa shape index (κ2) is 8.79. The largest absolute Gasteiger partial charge is 0.454 e. The molecule has 0 fully saturated rings. The molecule has 5 rings (SSSR count). The zero-order valence-electron chi connectivity index (χ0n) is 17.6. The smallest absolute Gasteiger partial charge is 0.357 e. The quantitative estimate of drug-likeness (QED) is 0.425. The molecule has 1 N–H and O–H groups in total. The van der Waals surface area contributed by atoms with Crippen molar-refractivity contribution in [3.05, 3.63) is 77.8 Å². The number of esters is 1. The van der Waals surface area contributed by atoms with Crippen LogP contribution in [-0.2, 0) is 9.53 Å². The highest BCUT2D eigenvalue weighted by Crippen LogP contribution is 2.34. The van der Waals surface area contributed by atoms with Crippen molar-refractivity contribution >= 4 is 28.9 Å². The van der Waals surface area contributed by atoms with E-state index in [-0.39, 0.29) is 12.5 Å². The van der Waals surface area contributed by atoms with Crippen LogP contribution in [0.1, 0.15) is 17.4 Å². The number of para-hydroxylation sites is 1. The number of hydrogen-bond donors (Lipinski definition) is 1. The highest BCUT2D eigenvalue weighted by atomic mass is 32.1. The molecule has 1 aliphatic heterocycles. The number of hydrogen-bond acceptors (Lipinski definition) is 7. The van der Waals surface area contributed by atoms with E-state index in [0.29, 0.717) is 28.6 Å². The van der Waals surface area contributed by atoms with E-state index < -0.39 is 18.0 Å². The zero-order chi connectivity index (χ0) is 22.8. The summed E-state index contributed by atoms with van der Waals surface area (Å²) in [6.07, 6.45) is -1.03. The van der Waals surface area contributed by atoms with Crippen molar-refractivity contribution in [2.75, 3.05) is 12.1 Å². The van der Waals surface area contributed by atoms with E-state index in [2.05, 4.69) is 10.4 Å². The van der Waals surface area contributed by atoms with Crippen LogP contribution in [0, 0.1) is 0 Å². The van der Waals surface area contributed by atoms with Crippen molar-refractivity contribution in [2.24, 2.45) is 0 Å². The lowest BCUT2D eigenvalue weighted by Gasteiger charge is -2.14. The Morgan fingerprint density at radius 1 is 1.06 bits per heavy atom. The van der Waals surface area contributed by atoms with Crippen LogP contribution in [0.15, 0.2) is 72.1 Å². The molecule has 0 bridgehead atoms. The monoisotopic (exact) mass is 461 g/mol. The fourth-order valence-electron chi connectivity index (χ4n) is 3.33. The molecule has 1 atom stereocenters. The molecule has 3 heterocycles. The molecule has 0 spiro atoms. The molecule has 33 heavy (non-hydrogen) atoms. The van der Waals surface area contributed by atoms with E-state index in [1.54, 1.807) is 24.3 Å². The molecular formula is C24H19N3O5S. The van der Waals surface area contributed by atoms with E-state index in [9.17, 15) is 9.59 Å². The number of anilines is 1. The molecule has 9 heteroatoms. The van der Waals surface area contributed by atoms with Crippen LogP contribution < -0.4 is 14.8 Å². The molecule has 0 radical (unpaired) electrons. The van der Waals surface area contributed by atoms with Gasteiger partial charge in [-0.2, -0.15) is 5.10 Å². The van der Waals surface area contributed by atoms with Gasteiger partial charge in [0.1, 0.15) is 5.69 Å². The third-order valence-electron chi connectivity index (χ3n) is 4.99. The average molecular weight is 461 g/mol. The fraction of sp³-hybridized carbons (Fsp3) is 0.125. The summed E-state index contributed by atoms with van der Waals surface area (Å²) >= 11 is 1.52. The first-order chi connectivity index (χ1) is 16.1. The Morgan fingerprint density at radius 2 is 1.88 bits per heavy atom. The second-order valence-corrected chi connectivity index (χ2v) is 8.19. The second-order valence-electron chi connectivity index (χ2n) is 7.24. The van der Waals surface area contributed by atoms with E-state index in [4.69, 9.17) is 14.2 Å². The number of fused-ring (bicyclic) bond motifs is 1. The van der Waals surface area contributed by atoms with E-state index in [1.165, 1.54) is 22.9 Å². The van der Waals surface area contributed by atoms with Crippen LogP contribution in [0.3, 0.4) is 0 Å². The van der Waals surface area contributed by atoms with Crippen LogP contribution in [0.2, 0.25) is 0 Å². The molecule has 0 saturated heterocycles. The molecule has 0 saturated carbocycles. The van der Waals surface area contributed by atoms with Gasteiger partial charge in [0.25, 0.3) is 5.91 Å². The first kappa shape index (κ1) is 20.8. The Kier molecular flexibility index (Phi) is 5.54. The Hall–Kier alpha value is -4.11. The molecule has 1 aliphatic rings. The van der Waals surface area contributed by atoms with Gasteiger partial charge >= 0.3 is 5.97 Å². The number of thiophene rings is 1. The van der Waals surface area contributed by atoms with Gasteiger partial charge in [-0.15, -0.1) is 11.3 Å². The lowest BCUT2D eigenvalue weighted by molar-refractivity contribution is -0.123. The van der Waals surface area contributed by atoms with Gasteiger partial charge in [-0.1, -0.05) is 24.3 Å². The van der Waals surface area contributed by atoms with Crippen LogP contribution in [-0.4, -0.2) is 34.6 Å². The number of rotatable bonds is 6. The van der Waals surface area contributed by atoms with Crippen LogP contribution in [0.4, 0.5) is 5.69 Å². The molecule has 0 aliphatic carbocycles. The summed E-state index contributed by atoms with van der Waals surface area (Å²) in [5.41, 5.74) is 2.11. The lowest BCUT2D eigenvalue weighted by Crippen LogP contribution is -2.30. The number of ether oxygens (including phenoxy) is 3. The number of carbonyl (C=O) groups excluding carboxylic acids is 2. The van der Waals surface area contributed by atoms with E-state index >= 15 is 0 Å². The Bertz CT molecular complexity index is 1300. The number of amides is 1. The minimum absolute atomic E-state index is 0.142. The predicted octanol–water partition coefficient (Wildman–Crippen LogP) is 4.51. The minimum Gasteiger partial charge on any atom is -0.454 e. The maximum absolute atomic E-state index is 13.0. The van der Waals surface area contributed by atoms with E-state index in [1.807, 2.05) is 47.8 Å². The molecule has 166 valence electrons. The van der Waals surface area contributed by atoms with Gasteiger partial charge < -0.3 is 19.5 Å². The summed E-state index contributed by atoms with van der Waals surface area (Å²) in [5.74, 6) is 0.0440. The summed E-state index contributed by atoms with van der Waals surface area (Å²) in [4.78, 5) is 26.6. The third kappa shape index (κ3) is 4.31. The first-order valence-electron chi connectivity index (χ1n) is 10.2. The van der Waals surface area contributed by atoms with Gasteiger partial charge in [-0.3, -0.25) is 4.79 Å². The Labute approximate surface area is 193 Å². The van der Waals surface area contributed by atoms with Crippen LogP contribution >= 0.6 is 11.3 Å². The van der Waals surface area contributed by atoms with E-state index in [0.717, 1.165) is 4.88 Å². The maximum Gasteiger partial charge on any atom is 0.357 e. The molecule has 2 aromatic carbocycles. The highest BCUT2D eigenvalue weighted by Gasteiger charge is 2.24. The maximum atomic E-state index is 13.0. The molecule has 2 aromatic heterocycles. The highest BCUT2D eigenvalue weighted by molar-refractivity contribution is 7.13. The van der Waals surface area contributed by atoms with Gasteiger partial charge in [0, 0.05) is 17.8 Å².